The average molecular weight is 436 g/mol. The van der Waals surface area contributed by atoms with Gasteiger partial charge in [-0.3, -0.25) is 9.52 Å². The van der Waals surface area contributed by atoms with Crippen molar-refractivity contribution in [1.82, 2.24) is 9.88 Å². The van der Waals surface area contributed by atoms with Crippen molar-refractivity contribution in [2.24, 2.45) is 0 Å². The number of carbonyl (C=O) groups is 1. The predicted molar refractivity (Wildman–Crippen MR) is 108 cm³/mol. The molecule has 3 heterocycles. The summed E-state index contributed by atoms with van der Waals surface area (Å²) in [5.74, 6) is -1.30. The number of amides is 1. The first-order valence-electron chi connectivity index (χ1n) is 9.82. The molecule has 0 spiro atoms. The summed E-state index contributed by atoms with van der Waals surface area (Å²) >= 11 is 0. The first-order chi connectivity index (χ1) is 14.3. The summed E-state index contributed by atoms with van der Waals surface area (Å²) in [5, 5.41) is 0. The van der Waals surface area contributed by atoms with Gasteiger partial charge in [0, 0.05) is 44.4 Å². The van der Waals surface area contributed by atoms with Gasteiger partial charge in [-0.25, -0.2) is 22.2 Å². The zero-order valence-electron chi connectivity index (χ0n) is 16.2. The Labute approximate surface area is 173 Å². The van der Waals surface area contributed by atoms with Gasteiger partial charge in [0.05, 0.1) is 5.69 Å². The van der Waals surface area contributed by atoms with Crippen molar-refractivity contribution in [3.05, 3.63) is 48.2 Å². The van der Waals surface area contributed by atoms with Crippen LogP contribution in [-0.4, -0.2) is 49.9 Å². The number of hydrogen-bond donors (Lipinski definition) is 1. The highest BCUT2D eigenvalue weighted by Crippen LogP contribution is 2.25. The molecule has 0 saturated carbocycles. The van der Waals surface area contributed by atoms with E-state index in [1.54, 1.807) is 6.07 Å². The number of anilines is 2. The summed E-state index contributed by atoms with van der Waals surface area (Å²) in [4.78, 5) is 20.2. The van der Waals surface area contributed by atoms with Crippen LogP contribution < -0.4 is 9.62 Å². The topological polar surface area (TPSA) is 82.6 Å². The second-order valence-electron chi connectivity index (χ2n) is 7.50. The molecule has 4 rings (SSSR count). The lowest BCUT2D eigenvalue weighted by Gasteiger charge is -2.37. The lowest BCUT2D eigenvalue weighted by Crippen LogP contribution is -2.45. The molecular weight excluding hydrogens is 414 g/mol. The van der Waals surface area contributed by atoms with Crippen molar-refractivity contribution in [3.8, 4) is 0 Å². The van der Waals surface area contributed by atoms with Gasteiger partial charge in [0.15, 0.2) is 11.6 Å². The van der Waals surface area contributed by atoms with Crippen LogP contribution in [0, 0.1) is 11.6 Å². The van der Waals surface area contributed by atoms with E-state index in [0.717, 1.165) is 57.1 Å². The molecule has 10 heteroatoms. The van der Waals surface area contributed by atoms with Crippen LogP contribution >= 0.6 is 0 Å². The maximum absolute atomic E-state index is 13.3. The molecule has 0 bridgehead atoms. The van der Waals surface area contributed by atoms with Crippen molar-refractivity contribution in [3.63, 3.8) is 0 Å². The van der Waals surface area contributed by atoms with E-state index in [-0.39, 0.29) is 22.5 Å². The molecule has 2 aliphatic rings. The molecule has 1 aromatic heterocycles. The normalized spacial score (nSPS) is 18.1. The first kappa shape index (κ1) is 20.5. The first-order valence-corrected chi connectivity index (χ1v) is 11.3. The predicted octanol–water partition coefficient (Wildman–Crippen LogP) is 2.75. The Kier molecular flexibility index (Phi) is 5.59. The molecule has 7 nitrogen and oxygen atoms in total. The number of aromatic nitrogens is 1. The Morgan fingerprint density at radius 1 is 1.03 bits per heavy atom. The number of halogens is 2. The second-order valence-corrected chi connectivity index (χ2v) is 9.18. The highest BCUT2D eigenvalue weighted by molar-refractivity contribution is 7.92. The van der Waals surface area contributed by atoms with Crippen LogP contribution in [0.25, 0.3) is 0 Å². The third-order valence-corrected chi connectivity index (χ3v) is 6.91. The number of rotatable bonds is 5. The molecule has 2 fully saturated rings. The number of benzene rings is 1. The SMILES string of the molecule is O=C1CCCN1C1CCN(c2ccc(S(=O)(=O)Nc3ccc(F)c(F)c3)cn2)CC1. The number of pyridine rings is 1. The van der Waals surface area contributed by atoms with Crippen molar-refractivity contribution >= 4 is 27.4 Å². The van der Waals surface area contributed by atoms with Crippen LogP contribution in [0.4, 0.5) is 20.3 Å². The molecule has 30 heavy (non-hydrogen) atoms. The van der Waals surface area contributed by atoms with Gasteiger partial charge in [-0.15, -0.1) is 0 Å². The van der Waals surface area contributed by atoms with E-state index in [0.29, 0.717) is 12.2 Å². The lowest BCUT2D eigenvalue weighted by molar-refractivity contribution is -0.130. The van der Waals surface area contributed by atoms with Gasteiger partial charge in [-0.2, -0.15) is 0 Å². The van der Waals surface area contributed by atoms with Gasteiger partial charge in [-0.05, 0) is 43.5 Å². The minimum atomic E-state index is -3.98. The Hall–Kier alpha value is -2.75. The van der Waals surface area contributed by atoms with E-state index in [4.69, 9.17) is 0 Å². The summed E-state index contributed by atoms with van der Waals surface area (Å²) in [7, 11) is -3.98. The summed E-state index contributed by atoms with van der Waals surface area (Å²) < 4.78 is 53.5. The highest BCUT2D eigenvalue weighted by atomic mass is 32.2. The zero-order valence-corrected chi connectivity index (χ0v) is 17.0. The van der Waals surface area contributed by atoms with Crippen LogP contribution in [0.2, 0.25) is 0 Å². The van der Waals surface area contributed by atoms with Crippen LogP contribution in [0.5, 0.6) is 0 Å². The van der Waals surface area contributed by atoms with Crippen molar-refractivity contribution < 1.29 is 22.0 Å². The third-order valence-electron chi connectivity index (χ3n) is 5.54. The molecular formula is C20H22F2N4O3S. The monoisotopic (exact) mass is 436 g/mol. The van der Waals surface area contributed by atoms with Crippen molar-refractivity contribution in [2.75, 3.05) is 29.3 Å². The maximum Gasteiger partial charge on any atom is 0.263 e. The van der Waals surface area contributed by atoms with Gasteiger partial charge < -0.3 is 9.80 Å². The zero-order chi connectivity index (χ0) is 21.3. The van der Waals surface area contributed by atoms with E-state index in [9.17, 15) is 22.0 Å². The molecule has 2 saturated heterocycles. The van der Waals surface area contributed by atoms with E-state index in [1.165, 1.54) is 12.3 Å². The smallest absolute Gasteiger partial charge is 0.263 e. The minimum absolute atomic E-state index is 0.0727. The number of likely N-dealkylation sites (tertiary alicyclic amines) is 1. The fourth-order valence-electron chi connectivity index (χ4n) is 3.95. The van der Waals surface area contributed by atoms with E-state index < -0.39 is 21.7 Å². The standard InChI is InChI=1S/C20H22F2N4O3S/c21-17-5-3-14(12-18(17)22)24-30(28,29)16-4-6-19(23-13-16)25-10-7-15(8-11-25)26-9-1-2-20(26)27/h3-6,12-13,15,24H,1-2,7-11H2. The fourth-order valence-corrected chi connectivity index (χ4v) is 4.95. The van der Waals surface area contributed by atoms with E-state index in [2.05, 4.69) is 14.6 Å². The average Bonchev–Trinajstić information content (AvgIpc) is 3.17. The molecule has 2 aliphatic heterocycles. The Balaban J connectivity index is 1.40. The quantitative estimate of drug-likeness (QED) is 0.780. The number of piperidine rings is 1. The summed E-state index contributed by atoms with van der Waals surface area (Å²) in [5.41, 5.74) is -0.0727. The Morgan fingerprint density at radius 3 is 2.40 bits per heavy atom. The number of nitrogens with zero attached hydrogens (tertiary/aromatic N) is 3. The third kappa shape index (κ3) is 4.23. The largest absolute Gasteiger partial charge is 0.356 e. The molecule has 1 N–H and O–H groups in total. The van der Waals surface area contributed by atoms with Crippen molar-refractivity contribution in [2.45, 2.75) is 36.6 Å². The molecule has 0 radical (unpaired) electrons. The van der Waals surface area contributed by atoms with Crippen molar-refractivity contribution in [1.29, 1.82) is 0 Å². The van der Waals surface area contributed by atoms with E-state index >= 15 is 0 Å². The number of carbonyl (C=O) groups excluding carboxylic acids is 1. The number of hydrogen-bond acceptors (Lipinski definition) is 5. The summed E-state index contributed by atoms with van der Waals surface area (Å²) in [6, 6.07) is 6.10. The van der Waals surface area contributed by atoms with Crippen LogP contribution in [-0.2, 0) is 14.8 Å². The molecule has 1 amide bonds. The lowest BCUT2D eigenvalue weighted by atomic mass is 10.0. The summed E-state index contributed by atoms with van der Waals surface area (Å²) in [6.07, 6.45) is 4.51. The number of sulfonamides is 1. The van der Waals surface area contributed by atoms with Gasteiger partial charge in [-0.1, -0.05) is 0 Å². The molecule has 0 atom stereocenters. The summed E-state index contributed by atoms with van der Waals surface area (Å²) in [6.45, 7) is 2.31. The van der Waals surface area contributed by atoms with Gasteiger partial charge in [0.2, 0.25) is 5.91 Å². The van der Waals surface area contributed by atoms with Gasteiger partial charge in [0.25, 0.3) is 10.0 Å². The molecule has 1 aromatic carbocycles. The number of nitrogens with one attached hydrogen (secondary N) is 1. The van der Waals surface area contributed by atoms with Gasteiger partial charge in [0.1, 0.15) is 10.7 Å². The molecule has 2 aromatic rings. The Bertz CT molecular complexity index is 1040. The highest BCUT2D eigenvalue weighted by Gasteiger charge is 2.31. The van der Waals surface area contributed by atoms with Crippen LogP contribution in [0.15, 0.2) is 41.4 Å². The minimum Gasteiger partial charge on any atom is -0.356 e. The Morgan fingerprint density at radius 2 is 1.80 bits per heavy atom. The van der Waals surface area contributed by atoms with Gasteiger partial charge >= 0.3 is 0 Å². The molecule has 160 valence electrons. The molecule has 0 aliphatic carbocycles. The maximum atomic E-state index is 13.3. The van der Waals surface area contributed by atoms with Crippen LogP contribution in [0.3, 0.4) is 0 Å². The van der Waals surface area contributed by atoms with Crippen LogP contribution in [0.1, 0.15) is 25.7 Å². The fraction of sp³-hybridized carbons (Fsp3) is 0.400. The molecule has 0 unspecified atom stereocenters. The second kappa shape index (κ2) is 8.17. The van der Waals surface area contributed by atoms with E-state index in [1.807, 2.05) is 4.90 Å².